The van der Waals surface area contributed by atoms with Crippen molar-refractivity contribution >= 4 is 219 Å². The molecule has 16 rings (SSSR count). The first kappa shape index (κ1) is 68.3. The van der Waals surface area contributed by atoms with Crippen LogP contribution < -0.4 is 18.0 Å². The number of thiophene rings is 14. The quantitative estimate of drug-likeness (QED) is 0.0846. The lowest BCUT2D eigenvalue weighted by molar-refractivity contribution is 1.24. The maximum absolute atomic E-state index is 2.59. The Balaban J connectivity index is 0.808. The Hall–Kier alpha value is -3.12. The highest BCUT2D eigenvalue weighted by molar-refractivity contribution is 7.36. The molecule has 97 heavy (non-hydrogen) atoms. The van der Waals surface area contributed by atoms with Crippen LogP contribution >= 0.6 is 159 Å². The van der Waals surface area contributed by atoms with E-state index in [9.17, 15) is 0 Å². The van der Waals surface area contributed by atoms with Crippen molar-refractivity contribution in [3.63, 3.8) is 0 Å². The monoisotopic (exact) mass is 1600 g/mol. The van der Waals surface area contributed by atoms with Crippen LogP contribution in [0.1, 0.15) is 66.8 Å². The molecule has 16 heterocycles. The summed E-state index contributed by atoms with van der Waals surface area (Å²) in [6, 6.07) is 44.5. The summed E-state index contributed by atoms with van der Waals surface area (Å²) in [7, 11) is -5.47. The minimum absolute atomic E-state index is 0.832. The number of aryl methyl sites for hydroxylation is 8. The van der Waals surface area contributed by atoms with Crippen LogP contribution in [0.3, 0.4) is 0 Å². The van der Waals surface area contributed by atoms with Crippen LogP contribution in [-0.2, 0) is 24.2 Å². The Labute approximate surface area is 636 Å². The maximum Gasteiger partial charge on any atom is 0.0917 e. The number of hydrogen-bond acceptors (Lipinski definition) is 14. The first-order valence-electron chi connectivity index (χ1n) is 33.3. The van der Waals surface area contributed by atoms with E-state index in [1.54, 1.807) is 55.3 Å². The fourth-order valence-electron chi connectivity index (χ4n) is 14.3. The molecule has 0 aliphatic carbocycles. The summed E-state index contributed by atoms with van der Waals surface area (Å²) in [6.45, 7) is 43.5. The van der Waals surface area contributed by atoms with Crippen LogP contribution in [0.15, 0.2) is 97.1 Å². The van der Waals surface area contributed by atoms with Crippen LogP contribution in [-0.4, -0.2) is 41.8 Å². The summed E-state index contributed by atoms with van der Waals surface area (Å²) in [4.78, 5) is 35.0. The van der Waals surface area contributed by atoms with Gasteiger partial charge in [0.2, 0.25) is 0 Å². The van der Waals surface area contributed by atoms with E-state index in [0.29, 0.717) is 0 Å². The topological polar surface area (TPSA) is 0 Å². The van der Waals surface area contributed by atoms with Gasteiger partial charge in [-0.3, -0.25) is 0 Å². The van der Waals surface area contributed by atoms with Crippen molar-refractivity contribution in [3.8, 4) is 117 Å². The molecule has 0 fully saturated rings. The Morgan fingerprint density at radius 3 is 0.660 bits per heavy atom. The van der Waals surface area contributed by atoms with E-state index in [0.717, 1.165) is 9.52 Å². The average Bonchev–Trinajstić information content (AvgIpc) is 1.54. The summed E-state index contributed by atoms with van der Waals surface area (Å²) in [5.41, 5.74) is 18.0. The molecule has 494 valence electrons. The molecule has 1 spiro atoms. The van der Waals surface area contributed by atoms with Crippen molar-refractivity contribution in [2.24, 2.45) is 0 Å². The molecule has 0 unspecified atom stereocenters. The normalized spacial score (nSPS) is 14.0. The van der Waals surface area contributed by atoms with Crippen LogP contribution in [0.4, 0.5) is 0 Å². The SMILES string of the molecule is C[Si]c1ccc(-c2sc(-c3sc(-c4sc(-c5cc(C)c(-c6cc(C)c(-c7ccc([Si](C)(C)C)s7)s6)s5)c5c4C[Si]4(C5)Cc5c(-c6cc(C)c(-c7cc(C)c(-c8ccc([Si](C)(C)C)s8)s7)s6)sc(-c6cc(C)c(-c7cc(C)c(-c8ccc([Si](C)(C)C)s8)s7)s6)c5C4)cc3C)cc2C)s1. The Bertz CT molecular complexity index is 5250. The van der Waals surface area contributed by atoms with Crippen molar-refractivity contribution in [2.45, 2.75) is 145 Å². The molecule has 0 bridgehead atoms. The van der Waals surface area contributed by atoms with Gasteiger partial charge in [-0.15, -0.1) is 159 Å². The summed E-state index contributed by atoms with van der Waals surface area (Å²) >= 11 is 28.7. The van der Waals surface area contributed by atoms with Gasteiger partial charge < -0.3 is 0 Å². The van der Waals surface area contributed by atoms with E-state index in [-0.39, 0.29) is 0 Å². The van der Waals surface area contributed by atoms with Crippen molar-refractivity contribution in [2.75, 3.05) is 0 Å². The molecule has 0 saturated heterocycles. The van der Waals surface area contributed by atoms with Crippen molar-refractivity contribution in [3.05, 3.63) is 164 Å². The molecule has 0 aromatic carbocycles. The minimum atomic E-state index is -2.06. The van der Waals surface area contributed by atoms with Crippen LogP contribution in [0.5, 0.6) is 0 Å². The predicted molar refractivity (Wildman–Crippen MR) is 467 cm³/mol. The Kier molecular flexibility index (Phi) is 17.9. The highest BCUT2D eigenvalue weighted by atomic mass is 32.2. The number of rotatable bonds is 16. The summed E-state index contributed by atoms with van der Waals surface area (Å²) in [5, 5.41) is 0. The van der Waals surface area contributed by atoms with Crippen molar-refractivity contribution in [1.29, 1.82) is 0 Å². The van der Waals surface area contributed by atoms with Crippen molar-refractivity contribution in [1.82, 2.24) is 0 Å². The zero-order chi connectivity index (χ0) is 67.8. The summed E-state index contributed by atoms with van der Waals surface area (Å²) < 4.78 is 6.26. The average molecular weight is 1600 g/mol. The number of hydrogen-bond donors (Lipinski definition) is 0. The third kappa shape index (κ3) is 12.4. The lowest BCUT2D eigenvalue weighted by Crippen LogP contribution is -2.38. The molecule has 2 radical (unpaired) electrons. The smallest absolute Gasteiger partial charge is 0.0917 e. The van der Waals surface area contributed by atoms with Crippen molar-refractivity contribution < 1.29 is 0 Å². The predicted octanol–water partition coefficient (Wildman–Crippen LogP) is 27.5. The van der Waals surface area contributed by atoms with Gasteiger partial charge in [-0.1, -0.05) is 89.7 Å². The summed E-state index contributed by atoms with van der Waals surface area (Å²) in [6.07, 6.45) is 0. The molecule has 0 amide bonds. The first-order chi connectivity index (χ1) is 46.0. The largest absolute Gasteiger partial charge is 0.145 e. The molecule has 0 saturated carbocycles. The Morgan fingerprint density at radius 2 is 0.454 bits per heavy atom. The van der Waals surface area contributed by atoms with Crippen LogP contribution in [0, 0.1) is 55.4 Å². The van der Waals surface area contributed by atoms with Crippen LogP contribution in [0.25, 0.3) is 117 Å². The van der Waals surface area contributed by atoms with Gasteiger partial charge in [-0.25, -0.2) is 0 Å². The third-order valence-corrected chi connectivity index (χ3v) is 54.9. The lowest BCUT2D eigenvalue weighted by Gasteiger charge is -2.21. The molecule has 19 heteroatoms. The molecule has 0 atom stereocenters. The third-order valence-electron chi connectivity index (χ3n) is 19.4. The molecular formula is C78H78S14Si5. The van der Waals surface area contributed by atoms with E-state index in [4.69, 9.17) is 0 Å². The van der Waals surface area contributed by atoms with Gasteiger partial charge in [0.05, 0.1) is 41.8 Å². The molecule has 0 nitrogen and oxygen atoms in total. The van der Waals surface area contributed by atoms with E-state index in [1.165, 1.54) is 171 Å². The second kappa shape index (κ2) is 25.3. The molecule has 0 N–H and O–H groups in total. The fourth-order valence-corrected chi connectivity index (χ4v) is 44.5. The molecule has 2 aliphatic heterocycles. The minimum Gasteiger partial charge on any atom is -0.145 e. The van der Waals surface area contributed by atoms with Crippen LogP contribution in [0.2, 0.25) is 65.5 Å². The summed E-state index contributed by atoms with van der Waals surface area (Å²) in [5.74, 6) is 0. The van der Waals surface area contributed by atoms with E-state index >= 15 is 0 Å². The zero-order valence-corrected chi connectivity index (χ0v) is 74.7. The second-order valence-corrected chi connectivity index (χ2v) is 67.1. The molecule has 14 aromatic heterocycles. The maximum atomic E-state index is 2.59. The molecule has 14 aromatic rings. The first-order valence-corrected chi connectivity index (χ1v) is 59.6. The number of fused-ring (bicyclic) bond motifs is 2. The standard InChI is InChI=1S/C78H78S14Si5/c1-39-27-55(83-67(39)51-19-23-63(79-51)93-9)71-43(5)31-59(87-71)75-47-35-97(36-48(47)76(91-75)60-32-44(6)72(88-60)56-28-40(2)68(84-56)52-20-24-64(80-52)94(10,11)12)37-49-50(38-97)78(62-34-46(8)74(90-62)58-30-42(4)70(86-58)54-22-26-66(82-54)96(16,17)18)92-77(49)61-33-45(7)73(89-61)57-29-41(3)69(85-57)53-21-25-65(81-53)95(13,14)15/h19-34H,35-38H2,1-18H3. The highest BCUT2D eigenvalue weighted by Crippen LogP contribution is 2.60. The molecule has 2 aliphatic rings. The van der Waals surface area contributed by atoms with Gasteiger partial charge in [0.25, 0.3) is 0 Å². The zero-order valence-electron chi connectivity index (χ0n) is 58.3. The van der Waals surface area contributed by atoms with Gasteiger partial charge in [-0.2, -0.15) is 0 Å². The lowest BCUT2D eigenvalue weighted by atomic mass is 10.1. The Morgan fingerprint density at radius 1 is 0.247 bits per heavy atom. The highest BCUT2D eigenvalue weighted by Gasteiger charge is 2.50. The second-order valence-electron chi connectivity index (χ2n) is 30.3. The van der Waals surface area contributed by atoms with Gasteiger partial charge in [0.15, 0.2) is 0 Å². The van der Waals surface area contributed by atoms with Gasteiger partial charge in [0.1, 0.15) is 0 Å². The molecular weight excluding hydrogens is 1530 g/mol. The fraction of sp³-hybridized carbons (Fsp3) is 0.282. The van der Waals surface area contributed by atoms with E-state index in [1.807, 2.05) is 90.7 Å². The van der Waals surface area contributed by atoms with E-state index < -0.39 is 32.3 Å². The van der Waals surface area contributed by atoms with Gasteiger partial charge >= 0.3 is 0 Å². The van der Waals surface area contributed by atoms with Gasteiger partial charge in [0, 0.05) is 117 Å². The van der Waals surface area contributed by atoms with E-state index in [2.05, 4.69) is 286 Å². The van der Waals surface area contributed by atoms with Gasteiger partial charge in [-0.05, 0) is 237 Å².